The quantitative estimate of drug-likeness (QED) is 0.729. The molecule has 0 unspecified atom stereocenters. The molecule has 21 heavy (non-hydrogen) atoms. The Morgan fingerprint density at radius 1 is 1.38 bits per heavy atom. The topological polar surface area (TPSA) is 43.4 Å². The Hall–Kier alpha value is -0.650. The Morgan fingerprint density at radius 3 is 2.71 bits per heavy atom. The van der Waals surface area contributed by atoms with Crippen LogP contribution in [0.5, 0.6) is 5.88 Å². The molecule has 120 valence electrons. The highest BCUT2D eigenvalue weighted by atomic mass is 79.9. The first-order valence-corrected chi connectivity index (χ1v) is 8.16. The number of methoxy groups -OCH3 is 1. The standard InChI is InChI=1S/C16H27BrN2O2/c1-12(2)9-18-10-13-8-14(17)11-19-15(13)21-7-6-16(3,4)20-5/h8,11-12,18H,6-7,9-10H2,1-5H3. The molecule has 0 saturated carbocycles. The van der Waals surface area contributed by atoms with E-state index in [-0.39, 0.29) is 5.60 Å². The molecular weight excluding hydrogens is 332 g/mol. The van der Waals surface area contributed by atoms with Crippen LogP contribution in [-0.4, -0.2) is 30.8 Å². The van der Waals surface area contributed by atoms with Crippen LogP contribution in [0.2, 0.25) is 0 Å². The van der Waals surface area contributed by atoms with Crippen LogP contribution < -0.4 is 10.1 Å². The van der Waals surface area contributed by atoms with E-state index in [1.807, 2.05) is 0 Å². The van der Waals surface area contributed by atoms with Crippen molar-refractivity contribution in [1.82, 2.24) is 10.3 Å². The number of nitrogens with zero attached hydrogens (tertiary/aromatic N) is 1. The third-order valence-corrected chi connectivity index (χ3v) is 3.69. The minimum Gasteiger partial charge on any atom is -0.477 e. The summed E-state index contributed by atoms with van der Waals surface area (Å²) in [6, 6.07) is 2.05. The lowest BCUT2D eigenvalue weighted by Crippen LogP contribution is -2.25. The van der Waals surface area contributed by atoms with Crippen LogP contribution in [0, 0.1) is 5.92 Å². The Kier molecular flexibility index (Phi) is 7.63. The van der Waals surface area contributed by atoms with Crippen molar-refractivity contribution >= 4 is 15.9 Å². The van der Waals surface area contributed by atoms with Crippen molar-refractivity contribution < 1.29 is 9.47 Å². The molecule has 0 aliphatic rings. The predicted octanol–water partition coefficient (Wildman–Crippen LogP) is 3.78. The highest BCUT2D eigenvalue weighted by Crippen LogP contribution is 2.21. The number of hydrogen-bond acceptors (Lipinski definition) is 4. The van der Waals surface area contributed by atoms with E-state index in [0.29, 0.717) is 18.4 Å². The molecule has 0 atom stereocenters. The van der Waals surface area contributed by atoms with Crippen molar-refractivity contribution in [3.05, 3.63) is 22.3 Å². The second-order valence-electron chi connectivity index (χ2n) is 6.20. The molecule has 0 radical (unpaired) electrons. The van der Waals surface area contributed by atoms with Crippen LogP contribution in [-0.2, 0) is 11.3 Å². The van der Waals surface area contributed by atoms with E-state index in [1.54, 1.807) is 13.3 Å². The van der Waals surface area contributed by atoms with Gasteiger partial charge in [-0.05, 0) is 48.3 Å². The zero-order valence-corrected chi connectivity index (χ0v) is 15.3. The number of hydrogen-bond donors (Lipinski definition) is 1. The highest BCUT2D eigenvalue weighted by molar-refractivity contribution is 9.10. The van der Waals surface area contributed by atoms with Crippen molar-refractivity contribution in [2.45, 2.75) is 46.3 Å². The van der Waals surface area contributed by atoms with Crippen molar-refractivity contribution in [2.75, 3.05) is 20.3 Å². The van der Waals surface area contributed by atoms with Crippen molar-refractivity contribution in [1.29, 1.82) is 0 Å². The second kappa shape index (κ2) is 8.71. The summed E-state index contributed by atoms with van der Waals surface area (Å²) in [5, 5.41) is 3.42. The van der Waals surface area contributed by atoms with Crippen molar-refractivity contribution in [3.8, 4) is 5.88 Å². The number of nitrogens with one attached hydrogen (secondary N) is 1. The van der Waals surface area contributed by atoms with Gasteiger partial charge < -0.3 is 14.8 Å². The average Bonchev–Trinajstić information content (AvgIpc) is 2.40. The molecule has 1 aromatic heterocycles. The van der Waals surface area contributed by atoms with Crippen LogP contribution in [0.4, 0.5) is 0 Å². The summed E-state index contributed by atoms with van der Waals surface area (Å²) in [5.41, 5.74) is 0.894. The number of pyridine rings is 1. The Balaban J connectivity index is 2.60. The average molecular weight is 359 g/mol. The summed E-state index contributed by atoms with van der Waals surface area (Å²) < 4.78 is 12.2. The summed E-state index contributed by atoms with van der Waals surface area (Å²) >= 11 is 3.46. The van der Waals surface area contributed by atoms with E-state index in [9.17, 15) is 0 Å². The van der Waals surface area contributed by atoms with E-state index in [0.717, 1.165) is 29.5 Å². The predicted molar refractivity (Wildman–Crippen MR) is 89.7 cm³/mol. The lowest BCUT2D eigenvalue weighted by Gasteiger charge is -2.22. The number of rotatable bonds is 9. The van der Waals surface area contributed by atoms with Gasteiger partial charge in [-0.3, -0.25) is 0 Å². The van der Waals surface area contributed by atoms with Gasteiger partial charge in [0.1, 0.15) is 0 Å². The monoisotopic (exact) mass is 358 g/mol. The number of halogens is 1. The first kappa shape index (κ1) is 18.4. The summed E-state index contributed by atoms with van der Waals surface area (Å²) in [5.74, 6) is 1.32. The van der Waals surface area contributed by atoms with Gasteiger partial charge in [0.15, 0.2) is 0 Å². The van der Waals surface area contributed by atoms with Crippen molar-refractivity contribution in [2.24, 2.45) is 5.92 Å². The molecular formula is C16H27BrN2O2. The van der Waals surface area contributed by atoms with Gasteiger partial charge in [0.05, 0.1) is 12.2 Å². The molecule has 0 amide bonds. The summed E-state index contributed by atoms with van der Waals surface area (Å²) in [4.78, 5) is 4.37. The summed E-state index contributed by atoms with van der Waals surface area (Å²) in [7, 11) is 1.72. The van der Waals surface area contributed by atoms with E-state index < -0.39 is 0 Å². The van der Waals surface area contributed by atoms with Crippen molar-refractivity contribution in [3.63, 3.8) is 0 Å². The minimum atomic E-state index is -0.175. The lowest BCUT2D eigenvalue weighted by molar-refractivity contribution is 0.00498. The summed E-state index contributed by atoms with van der Waals surface area (Å²) in [6.45, 7) is 10.8. The maximum Gasteiger partial charge on any atom is 0.217 e. The van der Waals surface area contributed by atoms with Gasteiger partial charge in [-0.2, -0.15) is 0 Å². The molecule has 5 heteroatoms. The molecule has 0 saturated heterocycles. The fraction of sp³-hybridized carbons (Fsp3) is 0.688. The fourth-order valence-corrected chi connectivity index (χ4v) is 2.10. The van der Waals surface area contributed by atoms with E-state index in [4.69, 9.17) is 9.47 Å². The van der Waals surface area contributed by atoms with Crippen LogP contribution >= 0.6 is 15.9 Å². The van der Waals surface area contributed by atoms with Gasteiger partial charge in [0, 0.05) is 36.3 Å². The largest absolute Gasteiger partial charge is 0.477 e. The highest BCUT2D eigenvalue weighted by Gasteiger charge is 2.17. The second-order valence-corrected chi connectivity index (χ2v) is 7.12. The molecule has 0 spiro atoms. The molecule has 0 bridgehead atoms. The van der Waals surface area contributed by atoms with Gasteiger partial charge in [-0.15, -0.1) is 0 Å². The normalized spacial score (nSPS) is 12.0. The fourth-order valence-electron chi connectivity index (χ4n) is 1.72. The van der Waals surface area contributed by atoms with Crippen LogP contribution in [0.3, 0.4) is 0 Å². The molecule has 0 aromatic carbocycles. The van der Waals surface area contributed by atoms with Gasteiger partial charge in [0.25, 0.3) is 0 Å². The van der Waals surface area contributed by atoms with Crippen LogP contribution in [0.1, 0.15) is 39.7 Å². The van der Waals surface area contributed by atoms with Gasteiger partial charge in [-0.1, -0.05) is 13.8 Å². The summed E-state index contributed by atoms with van der Waals surface area (Å²) in [6.07, 6.45) is 2.59. The Morgan fingerprint density at radius 2 is 2.10 bits per heavy atom. The maximum absolute atomic E-state index is 5.84. The molecule has 1 N–H and O–H groups in total. The smallest absolute Gasteiger partial charge is 0.217 e. The molecule has 1 rings (SSSR count). The van der Waals surface area contributed by atoms with E-state index in [2.05, 4.69) is 60.0 Å². The van der Waals surface area contributed by atoms with E-state index in [1.165, 1.54) is 0 Å². The molecule has 1 aromatic rings. The van der Waals surface area contributed by atoms with Crippen LogP contribution in [0.25, 0.3) is 0 Å². The third kappa shape index (κ3) is 7.25. The Bertz CT molecular complexity index is 436. The maximum atomic E-state index is 5.84. The number of aromatic nitrogens is 1. The molecule has 0 fully saturated rings. The van der Waals surface area contributed by atoms with Gasteiger partial charge in [-0.25, -0.2) is 4.98 Å². The van der Waals surface area contributed by atoms with Gasteiger partial charge >= 0.3 is 0 Å². The SMILES string of the molecule is COC(C)(C)CCOc1ncc(Br)cc1CNCC(C)C. The van der Waals surface area contributed by atoms with E-state index >= 15 is 0 Å². The molecule has 1 heterocycles. The number of ether oxygens (including phenoxy) is 2. The molecule has 0 aliphatic heterocycles. The van der Waals surface area contributed by atoms with Gasteiger partial charge in [0.2, 0.25) is 5.88 Å². The first-order valence-electron chi connectivity index (χ1n) is 7.37. The third-order valence-electron chi connectivity index (χ3n) is 3.26. The van der Waals surface area contributed by atoms with Crippen LogP contribution in [0.15, 0.2) is 16.7 Å². The Labute approximate surface area is 136 Å². The lowest BCUT2D eigenvalue weighted by atomic mass is 10.1. The first-order chi connectivity index (χ1) is 9.84. The molecule has 4 nitrogen and oxygen atoms in total. The zero-order chi connectivity index (χ0) is 15.9. The molecule has 0 aliphatic carbocycles. The zero-order valence-electron chi connectivity index (χ0n) is 13.7. The minimum absolute atomic E-state index is 0.175.